The summed E-state index contributed by atoms with van der Waals surface area (Å²) in [6.45, 7) is 10.9. The van der Waals surface area contributed by atoms with E-state index in [1.54, 1.807) is 17.1 Å². The van der Waals surface area contributed by atoms with Gasteiger partial charge in [0.2, 0.25) is 5.95 Å². The largest absolute Gasteiger partial charge is 0.363 e. The number of aromatic nitrogens is 5. The van der Waals surface area contributed by atoms with Crippen molar-refractivity contribution in [3.8, 4) is 0 Å². The Labute approximate surface area is 223 Å². The molecule has 1 unspecified atom stereocenters. The smallest absolute Gasteiger partial charge is 0.252 e. The number of hydrazine groups is 1. The van der Waals surface area contributed by atoms with Gasteiger partial charge in [-0.2, -0.15) is 10.1 Å². The molecule has 3 aromatic rings. The number of carbonyl (C=O) groups is 1. The molecule has 1 fully saturated rings. The van der Waals surface area contributed by atoms with E-state index in [0.717, 1.165) is 47.2 Å². The van der Waals surface area contributed by atoms with Gasteiger partial charge in [0.15, 0.2) is 5.82 Å². The Balaban J connectivity index is 1.25. The van der Waals surface area contributed by atoms with Crippen molar-refractivity contribution in [2.75, 3.05) is 42.3 Å². The summed E-state index contributed by atoms with van der Waals surface area (Å²) in [7, 11) is 3.78. The van der Waals surface area contributed by atoms with Gasteiger partial charge in [0, 0.05) is 51.3 Å². The molecule has 0 spiro atoms. The molecule has 4 N–H and O–H groups in total. The highest BCUT2D eigenvalue weighted by Crippen LogP contribution is 2.32. The van der Waals surface area contributed by atoms with Crippen LogP contribution in [0.2, 0.25) is 0 Å². The van der Waals surface area contributed by atoms with Crippen molar-refractivity contribution in [2.24, 2.45) is 7.05 Å². The number of fused-ring (bicyclic) bond motifs is 1. The molecule has 0 aliphatic carbocycles. The minimum atomic E-state index is -0.277. The van der Waals surface area contributed by atoms with Gasteiger partial charge in [0.05, 0.1) is 33.9 Å². The van der Waals surface area contributed by atoms with E-state index in [1.807, 2.05) is 45.2 Å². The second-order valence-electron chi connectivity index (χ2n) is 10.7. The molecule has 0 aromatic carbocycles. The Morgan fingerprint density at radius 2 is 1.97 bits per heavy atom. The fourth-order valence-corrected chi connectivity index (χ4v) is 5.13. The van der Waals surface area contributed by atoms with Crippen LogP contribution in [0.5, 0.6) is 0 Å². The predicted octanol–water partition coefficient (Wildman–Crippen LogP) is 2.63. The van der Waals surface area contributed by atoms with E-state index in [0.29, 0.717) is 18.1 Å². The SMILES string of the molecule is Cc1nn(C)cc1Nc1ncc2c(n1)N(C)NC2Nc1cc(C(=O)NCCN2CCCC2(C)C)cnc1C. The number of hydrogen-bond donors (Lipinski definition) is 4. The van der Waals surface area contributed by atoms with Crippen LogP contribution in [-0.4, -0.2) is 67.8 Å². The second kappa shape index (κ2) is 10.2. The summed E-state index contributed by atoms with van der Waals surface area (Å²) >= 11 is 0. The Kier molecular flexibility index (Phi) is 6.93. The molecule has 12 heteroatoms. The molecule has 1 amide bonds. The fraction of sp³-hybridized carbons (Fsp3) is 0.500. The average molecular weight is 520 g/mol. The number of anilines is 4. The van der Waals surface area contributed by atoms with E-state index in [-0.39, 0.29) is 17.6 Å². The Bertz CT molecular complexity index is 1330. The van der Waals surface area contributed by atoms with Crippen molar-refractivity contribution in [3.63, 3.8) is 0 Å². The van der Waals surface area contributed by atoms with Crippen molar-refractivity contribution in [1.29, 1.82) is 0 Å². The summed E-state index contributed by atoms with van der Waals surface area (Å²) in [6.07, 6.45) is 7.44. The zero-order chi connectivity index (χ0) is 27.0. The molecule has 2 aliphatic heterocycles. The summed E-state index contributed by atoms with van der Waals surface area (Å²) in [5, 5.41) is 16.0. The first kappa shape index (κ1) is 25.9. The first-order valence-corrected chi connectivity index (χ1v) is 13.0. The van der Waals surface area contributed by atoms with Crippen molar-refractivity contribution in [2.45, 2.75) is 52.2 Å². The zero-order valence-corrected chi connectivity index (χ0v) is 23.0. The van der Waals surface area contributed by atoms with Crippen molar-refractivity contribution < 1.29 is 4.79 Å². The summed E-state index contributed by atoms with van der Waals surface area (Å²) in [6, 6.07) is 1.85. The maximum Gasteiger partial charge on any atom is 0.252 e. The molecular weight excluding hydrogens is 482 g/mol. The monoisotopic (exact) mass is 519 g/mol. The van der Waals surface area contributed by atoms with Gasteiger partial charge in [-0.15, -0.1) is 0 Å². The van der Waals surface area contributed by atoms with E-state index < -0.39 is 0 Å². The van der Waals surface area contributed by atoms with E-state index >= 15 is 0 Å². The molecule has 5 rings (SSSR count). The Morgan fingerprint density at radius 3 is 2.68 bits per heavy atom. The van der Waals surface area contributed by atoms with Crippen LogP contribution in [0.1, 0.15) is 60.2 Å². The van der Waals surface area contributed by atoms with Gasteiger partial charge in [0.1, 0.15) is 6.17 Å². The molecule has 3 aromatic heterocycles. The van der Waals surface area contributed by atoms with E-state index in [2.05, 4.69) is 55.2 Å². The van der Waals surface area contributed by atoms with Gasteiger partial charge in [0.25, 0.3) is 5.91 Å². The maximum absolute atomic E-state index is 12.9. The number of rotatable bonds is 8. The highest BCUT2D eigenvalue weighted by Gasteiger charge is 2.31. The third-order valence-electron chi connectivity index (χ3n) is 7.40. The normalized spacial score (nSPS) is 18.5. The number of amides is 1. The predicted molar refractivity (Wildman–Crippen MR) is 147 cm³/mol. The van der Waals surface area contributed by atoms with Crippen LogP contribution in [0.4, 0.5) is 23.1 Å². The van der Waals surface area contributed by atoms with Gasteiger partial charge in [-0.25, -0.2) is 10.4 Å². The first-order valence-electron chi connectivity index (χ1n) is 13.0. The summed E-state index contributed by atoms with van der Waals surface area (Å²) in [5.41, 5.74) is 8.27. The Hall–Kier alpha value is -3.77. The lowest BCUT2D eigenvalue weighted by Gasteiger charge is -2.31. The molecule has 0 saturated carbocycles. The molecule has 202 valence electrons. The molecule has 2 aliphatic rings. The van der Waals surface area contributed by atoms with Crippen LogP contribution < -0.4 is 26.4 Å². The quantitative estimate of drug-likeness (QED) is 0.353. The number of pyridine rings is 1. The number of nitrogens with zero attached hydrogens (tertiary/aromatic N) is 7. The molecule has 1 atom stereocenters. The van der Waals surface area contributed by atoms with Crippen LogP contribution in [0.3, 0.4) is 0 Å². The van der Waals surface area contributed by atoms with Crippen LogP contribution in [0, 0.1) is 13.8 Å². The summed E-state index contributed by atoms with van der Waals surface area (Å²) in [4.78, 5) is 29.0. The summed E-state index contributed by atoms with van der Waals surface area (Å²) < 4.78 is 1.75. The molecule has 0 radical (unpaired) electrons. The molecular formula is C26H37N11O. The molecule has 38 heavy (non-hydrogen) atoms. The number of carbonyl (C=O) groups excluding carboxylic acids is 1. The molecule has 5 heterocycles. The van der Waals surface area contributed by atoms with Crippen LogP contribution in [0.15, 0.2) is 24.7 Å². The maximum atomic E-state index is 12.9. The van der Waals surface area contributed by atoms with E-state index in [9.17, 15) is 4.79 Å². The molecule has 1 saturated heterocycles. The van der Waals surface area contributed by atoms with Gasteiger partial charge in [-0.05, 0) is 53.1 Å². The zero-order valence-electron chi connectivity index (χ0n) is 23.0. The average Bonchev–Trinajstić information content (AvgIpc) is 3.48. The number of nitrogens with one attached hydrogen (secondary N) is 4. The van der Waals surface area contributed by atoms with Crippen LogP contribution in [0.25, 0.3) is 0 Å². The van der Waals surface area contributed by atoms with Crippen molar-refractivity contribution in [3.05, 3.63) is 47.2 Å². The fourth-order valence-electron chi connectivity index (χ4n) is 5.13. The van der Waals surface area contributed by atoms with Crippen molar-refractivity contribution in [1.82, 2.24) is 40.4 Å². The lowest BCUT2D eigenvalue weighted by molar-refractivity contribution is 0.0940. The first-order chi connectivity index (χ1) is 18.1. The summed E-state index contributed by atoms with van der Waals surface area (Å²) in [5.74, 6) is 1.12. The number of hydrogen-bond acceptors (Lipinski definition) is 10. The van der Waals surface area contributed by atoms with Crippen molar-refractivity contribution >= 4 is 29.0 Å². The van der Waals surface area contributed by atoms with Crippen LogP contribution in [-0.2, 0) is 7.05 Å². The van der Waals surface area contributed by atoms with E-state index in [4.69, 9.17) is 4.98 Å². The minimum absolute atomic E-state index is 0.126. The molecule has 12 nitrogen and oxygen atoms in total. The van der Waals surface area contributed by atoms with Crippen LogP contribution >= 0.6 is 0 Å². The van der Waals surface area contributed by atoms with E-state index in [1.165, 1.54) is 12.8 Å². The number of aryl methyl sites for hydroxylation is 3. The van der Waals surface area contributed by atoms with Gasteiger partial charge >= 0.3 is 0 Å². The topological polar surface area (TPSA) is 128 Å². The second-order valence-corrected chi connectivity index (χ2v) is 10.7. The minimum Gasteiger partial charge on any atom is -0.363 e. The standard InChI is InChI=1S/C26H37N11O/c1-16-20(12-18(13-28-16)24(38)27-9-11-37-10-7-8-26(37,3)4)30-22-19-14-29-25(32-23(19)36(6)34-22)31-21-15-35(5)33-17(21)2/h12-15,22,30,34H,7-11H2,1-6H3,(H,27,38)(H,29,31,32). The molecule has 0 bridgehead atoms. The Morgan fingerprint density at radius 1 is 1.16 bits per heavy atom. The lowest BCUT2D eigenvalue weighted by atomic mass is 10.0. The van der Waals surface area contributed by atoms with Gasteiger partial charge in [-0.3, -0.25) is 24.4 Å². The van der Waals surface area contributed by atoms with Gasteiger partial charge < -0.3 is 16.0 Å². The highest BCUT2D eigenvalue weighted by atomic mass is 16.1. The third-order valence-corrected chi connectivity index (χ3v) is 7.40. The van der Waals surface area contributed by atoms with Gasteiger partial charge in [-0.1, -0.05) is 0 Å². The lowest BCUT2D eigenvalue weighted by Crippen LogP contribution is -2.43. The third kappa shape index (κ3) is 5.27. The highest BCUT2D eigenvalue weighted by molar-refractivity contribution is 5.94. The number of likely N-dealkylation sites (tertiary alicyclic amines) is 1.